The first-order valence-corrected chi connectivity index (χ1v) is 5.20. The molecule has 1 heterocycles. The van der Waals surface area contributed by atoms with Crippen molar-refractivity contribution in [1.82, 2.24) is 0 Å². The van der Waals surface area contributed by atoms with Gasteiger partial charge in [0.1, 0.15) is 6.10 Å². The first kappa shape index (κ1) is 19.5. The van der Waals surface area contributed by atoms with Crippen LogP contribution < -0.4 is 0 Å². The van der Waals surface area contributed by atoms with Crippen LogP contribution in [0.15, 0.2) is 11.5 Å². The molecule has 12 heteroatoms. The molecule has 0 fully saturated rings. The van der Waals surface area contributed by atoms with Crippen LogP contribution in [0.2, 0.25) is 0 Å². The zero-order valence-electron chi connectivity index (χ0n) is 8.36. The first-order chi connectivity index (χ1) is 7.57. The number of esters is 1. The minimum Gasteiger partial charge on any atom is -0.759 e. The third-order valence-electron chi connectivity index (χ3n) is 1.48. The number of carbonyl (C=O) groups excluding carboxylic acids is 1. The van der Waals surface area contributed by atoms with E-state index < -0.39 is 46.7 Å². The molecule has 18 heavy (non-hydrogen) atoms. The van der Waals surface area contributed by atoms with Crippen molar-refractivity contribution in [1.29, 1.82) is 0 Å². The molecule has 1 rings (SSSR count). The molecular formula is C6H8FeO10S. The molecule has 0 saturated carbocycles. The van der Waals surface area contributed by atoms with E-state index in [9.17, 15) is 4.79 Å². The van der Waals surface area contributed by atoms with Crippen LogP contribution in [0.5, 0.6) is 0 Å². The molecule has 0 bridgehead atoms. The number of rotatable bonds is 2. The summed E-state index contributed by atoms with van der Waals surface area (Å²) in [5.41, 5.74) is 0. The second kappa shape index (κ2) is 7.53. The van der Waals surface area contributed by atoms with Crippen LogP contribution in [-0.2, 0) is 37.0 Å². The maximum absolute atomic E-state index is 10.5. The van der Waals surface area contributed by atoms with Gasteiger partial charge in [0.15, 0.2) is 11.9 Å². The summed E-state index contributed by atoms with van der Waals surface area (Å²) in [5.74, 6) is -2.78. The van der Waals surface area contributed by atoms with E-state index in [-0.39, 0.29) is 17.1 Å². The number of aliphatic hydroxyl groups excluding tert-OH is 4. The smallest absolute Gasteiger partial charge is 0.759 e. The van der Waals surface area contributed by atoms with Gasteiger partial charge in [-0.1, -0.05) is 0 Å². The van der Waals surface area contributed by atoms with Crippen molar-refractivity contribution >= 4 is 16.4 Å². The van der Waals surface area contributed by atoms with Crippen molar-refractivity contribution in [3.63, 3.8) is 0 Å². The van der Waals surface area contributed by atoms with Gasteiger partial charge in [0.25, 0.3) is 0 Å². The van der Waals surface area contributed by atoms with Gasteiger partial charge in [-0.25, -0.2) is 4.79 Å². The number of hydrogen-bond donors (Lipinski definition) is 4. The molecule has 2 atom stereocenters. The molecule has 0 saturated heterocycles. The van der Waals surface area contributed by atoms with Crippen molar-refractivity contribution in [3.05, 3.63) is 11.5 Å². The summed E-state index contributed by atoms with van der Waals surface area (Å²) >= 11 is 0. The maximum atomic E-state index is 10.5. The molecule has 0 spiro atoms. The van der Waals surface area contributed by atoms with Crippen LogP contribution >= 0.6 is 0 Å². The summed E-state index contributed by atoms with van der Waals surface area (Å²) in [6, 6.07) is 0. The molecular weight excluding hydrogens is 320 g/mol. The summed E-state index contributed by atoms with van der Waals surface area (Å²) in [6.45, 7) is -0.671. The standard InChI is InChI=1S/C6H8O6.Fe.H2O4S/c7-1-2(8)5-3(9)4(10)6(11)12-5;;1-5(2,3)4/h2,5,7-10H,1H2;;(H2,1,2,3,4)/q;+2;/p-2. The topological polar surface area (TPSA) is 187 Å². The van der Waals surface area contributed by atoms with Gasteiger partial charge in [-0.15, -0.1) is 0 Å². The SMILES string of the molecule is O=C1OC(C(O)CO)C(O)=C1O.O=S(=O)([O-])[O-].[Fe+2]. The fourth-order valence-corrected chi connectivity index (χ4v) is 0.823. The number of ether oxygens (including phenoxy) is 1. The molecule has 1 aliphatic heterocycles. The minimum absolute atomic E-state index is 0. The van der Waals surface area contributed by atoms with E-state index in [1.54, 1.807) is 0 Å². The van der Waals surface area contributed by atoms with E-state index in [2.05, 4.69) is 4.74 Å². The fraction of sp³-hybridized carbons (Fsp3) is 0.500. The Bertz CT molecular complexity index is 406. The average molecular weight is 328 g/mol. The van der Waals surface area contributed by atoms with Gasteiger partial charge >= 0.3 is 23.0 Å². The molecule has 1 aliphatic rings. The molecule has 2 unspecified atom stereocenters. The zero-order chi connectivity index (χ0) is 13.8. The number of aliphatic hydroxyl groups is 4. The Morgan fingerprint density at radius 3 is 1.94 bits per heavy atom. The first-order valence-electron chi connectivity index (χ1n) is 3.86. The zero-order valence-corrected chi connectivity index (χ0v) is 10.3. The van der Waals surface area contributed by atoms with Gasteiger partial charge in [-0.2, -0.15) is 0 Å². The van der Waals surface area contributed by atoms with Crippen LogP contribution in [0, 0.1) is 0 Å². The van der Waals surface area contributed by atoms with E-state index in [1.807, 2.05) is 0 Å². The second-order valence-corrected chi connectivity index (χ2v) is 3.53. The summed E-state index contributed by atoms with van der Waals surface area (Å²) in [5, 5.41) is 35.0. The van der Waals surface area contributed by atoms with Crippen molar-refractivity contribution in [2.24, 2.45) is 0 Å². The van der Waals surface area contributed by atoms with Crippen molar-refractivity contribution in [3.8, 4) is 0 Å². The van der Waals surface area contributed by atoms with Crippen LogP contribution in [-0.4, -0.2) is 62.7 Å². The molecule has 0 amide bonds. The Hall–Kier alpha value is -0.881. The normalized spacial score (nSPS) is 20.4. The fourth-order valence-electron chi connectivity index (χ4n) is 0.823. The summed E-state index contributed by atoms with van der Waals surface area (Å²) in [7, 11) is -5.17. The predicted octanol–water partition coefficient (Wildman–Crippen LogP) is -2.75. The quantitative estimate of drug-likeness (QED) is 0.179. The number of cyclic esters (lactones) is 1. The van der Waals surface area contributed by atoms with Gasteiger partial charge in [-0.3, -0.25) is 8.42 Å². The monoisotopic (exact) mass is 328 g/mol. The number of hydrogen-bond acceptors (Lipinski definition) is 10. The number of carbonyl (C=O) groups is 1. The van der Waals surface area contributed by atoms with E-state index in [1.165, 1.54) is 0 Å². The molecule has 0 aromatic rings. The molecule has 0 radical (unpaired) electrons. The van der Waals surface area contributed by atoms with Crippen LogP contribution in [0.1, 0.15) is 0 Å². The van der Waals surface area contributed by atoms with E-state index >= 15 is 0 Å². The van der Waals surface area contributed by atoms with E-state index in [0.29, 0.717) is 0 Å². The molecule has 0 aromatic carbocycles. The Morgan fingerprint density at radius 1 is 1.33 bits per heavy atom. The Balaban J connectivity index is 0. The summed E-state index contributed by atoms with van der Waals surface area (Å²) in [4.78, 5) is 10.5. The van der Waals surface area contributed by atoms with Crippen LogP contribution in [0.25, 0.3) is 0 Å². The van der Waals surface area contributed by atoms with Gasteiger partial charge in [0.05, 0.1) is 6.61 Å². The third kappa shape index (κ3) is 6.76. The summed E-state index contributed by atoms with van der Waals surface area (Å²) < 4.78 is 38.4. The van der Waals surface area contributed by atoms with Crippen molar-refractivity contribution in [2.45, 2.75) is 12.2 Å². The Morgan fingerprint density at radius 2 is 1.72 bits per heavy atom. The van der Waals surface area contributed by atoms with Gasteiger partial charge in [0.2, 0.25) is 5.76 Å². The second-order valence-electron chi connectivity index (χ2n) is 2.72. The summed E-state index contributed by atoms with van der Waals surface area (Å²) in [6.07, 6.45) is -2.78. The maximum Gasteiger partial charge on any atom is 2.00 e. The van der Waals surface area contributed by atoms with Crippen molar-refractivity contribution in [2.75, 3.05) is 6.61 Å². The molecule has 0 aliphatic carbocycles. The van der Waals surface area contributed by atoms with Gasteiger partial charge in [-0.05, 0) is 0 Å². The Kier molecular flexibility index (Phi) is 8.14. The van der Waals surface area contributed by atoms with E-state index in [0.717, 1.165) is 0 Å². The minimum atomic E-state index is -5.17. The van der Waals surface area contributed by atoms with E-state index in [4.69, 9.17) is 37.9 Å². The predicted molar refractivity (Wildman–Crippen MR) is 45.7 cm³/mol. The van der Waals surface area contributed by atoms with Crippen LogP contribution in [0.3, 0.4) is 0 Å². The van der Waals surface area contributed by atoms with Crippen LogP contribution in [0.4, 0.5) is 0 Å². The van der Waals surface area contributed by atoms with Gasteiger partial charge < -0.3 is 34.3 Å². The van der Waals surface area contributed by atoms with Crippen molar-refractivity contribution < 1.29 is 64.5 Å². The molecule has 4 N–H and O–H groups in total. The van der Waals surface area contributed by atoms with Gasteiger partial charge in [0, 0.05) is 10.4 Å². The average Bonchev–Trinajstić information content (AvgIpc) is 2.42. The molecule has 106 valence electrons. The largest absolute Gasteiger partial charge is 2.00 e. The Labute approximate surface area is 112 Å². The third-order valence-corrected chi connectivity index (χ3v) is 1.48. The molecule has 0 aromatic heterocycles. The molecule has 10 nitrogen and oxygen atoms in total.